The number of rotatable bonds is 4. The minimum atomic E-state index is -0.0580. The Morgan fingerprint density at radius 1 is 1.33 bits per heavy atom. The summed E-state index contributed by atoms with van der Waals surface area (Å²) in [5.41, 5.74) is 2.18. The highest BCUT2D eigenvalue weighted by atomic mass is 16.3. The Bertz CT molecular complexity index is 607. The Hall–Kier alpha value is -2.23. The number of likely N-dealkylation sites (N-methyl/N-ethyl adjacent to an activating group) is 1. The molecule has 0 bridgehead atoms. The number of fused-ring (bicyclic) bond motifs is 1. The molecule has 1 N–H and O–H groups in total. The van der Waals surface area contributed by atoms with Crippen LogP contribution in [0.5, 0.6) is 0 Å². The van der Waals surface area contributed by atoms with Gasteiger partial charge in [0.15, 0.2) is 0 Å². The second-order valence-electron chi connectivity index (χ2n) is 5.29. The molecule has 4 nitrogen and oxygen atoms in total. The summed E-state index contributed by atoms with van der Waals surface area (Å²) in [4.78, 5) is 14.7. The SMILES string of the molecule is CCN(Cc1ccco1)C(=O)C1CCNc2ccccc21. The van der Waals surface area contributed by atoms with Gasteiger partial charge in [-0.25, -0.2) is 0 Å². The van der Waals surface area contributed by atoms with Crippen LogP contribution >= 0.6 is 0 Å². The van der Waals surface area contributed by atoms with Crippen LogP contribution in [0, 0.1) is 0 Å². The van der Waals surface area contributed by atoms with E-state index in [0.29, 0.717) is 13.1 Å². The molecule has 3 rings (SSSR count). The van der Waals surface area contributed by atoms with E-state index in [2.05, 4.69) is 5.32 Å². The molecule has 4 heteroatoms. The molecule has 0 saturated heterocycles. The molecule has 2 aromatic rings. The molecule has 1 amide bonds. The van der Waals surface area contributed by atoms with Gasteiger partial charge >= 0.3 is 0 Å². The largest absolute Gasteiger partial charge is 0.467 e. The van der Waals surface area contributed by atoms with Crippen LogP contribution < -0.4 is 5.32 Å². The van der Waals surface area contributed by atoms with Crippen molar-refractivity contribution in [1.82, 2.24) is 4.90 Å². The highest BCUT2D eigenvalue weighted by molar-refractivity contribution is 5.86. The Labute approximate surface area is 124 Å². The molecule has 0 fully saturated rings. The van der Waals surface area contributed by atoms with Crippen LogP contribution in [0.3, 0.4) is 0 Å². The number of furan rings is 1. The monoisotopic (exact) mass is 284 g/mol. The Balaban J connectivity index is 1.81. The molecule has 0 aliphatic carbocycles. The number of hydrogen-bond donors (Lipinski definition) is 1. The Morgan fingerprint density at radius 2 is 2.19 bits per heavy atom. The van der Waals surface area contributed by atoms with Crippen LogP contribution in [0.2, 0.25) is 0 Å². The highest BCUT2D eigenvalue weighted by Crippen LogP contribution is 2.32. The zero-order valence-corrected chi connectivity index (χ0v) is 12.2. The first-order valence-corrected chi connectivity index (χ1v) is 7.43. The van der Waals surface area contributed by atoms with E-state index in [-0.39, 0.29) is 11.8 Å². The van der Waals surface area contributed by atoms with E-state index in [4.69, 9.17) is 4.42 Å². The number of nitrogens with zero attached hydrogens (tertiary/aromatic N) is 1. The predicted molar refractivity (Wildman–Crippen MR) is 82.1 cm³/mol. The third kappa shape index (κ3) is 2.79. The molecule has 110 valence electrons. The van der Waals surface area contributed by atoms with E-state index >= 15 is 0 Å². The van der Waals surface area contributed by atoms with Crippen molar-refractivity contribution in [2.75, 3.05) is 18.4 Å². The maximum absolute atomic E-state index is 12.9. The van der Waals surface area contributed by atoms with Gasteiger partial charge in [0.25, 0.3) is 0 Å². The normalized spacial score (nSPS) is 16.9. The van der Waals surface area contributed by atoms with Gasteiger partial charge in [-0.05, 0) is 37.1 Å². The lowest BCUT2D eigenvalue weighted by molar-refractivity contribution is -0.133. The van der Waals surface area contributed by atoms with E-state index in [1.165, 1.54) is 0 Å². The van der Waals surface area contributed by atoms with E-state index in [1.54, 1.807) is 6.26 Å². The first-order valence-electron chi connectivity index (χ1n) is 7.43. The van der Waals surface area contributed by atoms with Gasteiger partial charge in [-0.15, -0.1) is 0 Å². The average Bonchev–Trinajstić information content (AvgIpc) is 3.04. The Kier molecular flexibility index (Phi) is 3.95. The van der Waals surface area contributed by atoms with Gasteiger partial charge in [0.2, 0.25) is 5.91 Å². The zero-order valence-electron chi connectivity index (χ0n) is 12.2. The lowest BCUT2D eigenvalue weighted by Crippen LogP contribution is -2.36. The number of nitrogens with one attached hydrogen (secondary N) is 1. The number of anilines is 1. The van der Waals surface area contributed by atoms with Crippen LogP contribution in [-0.4, -0.2) is 23.9 Å². The summed E-state index contributed by atoms with van der Waals surface area (Å²) in [6.07, 6.45) is 2.48. The predicted octanol–water partition coefficient (Wildman–Crippen LogP) is 3.23. The van der Waals surface area contributed by atoms with Crippen LogP contribution in [0.4, 0.5) is 5.69 Å². The first-order chi connectivity index (χ1) is 10.3. The molecule has 1 aromatic carbocycles. The minimum absolute atomic E-state index is 0.0580. The molecule has 21 heavy (non-hydrogen) atoms. The van der Waals surface area contributed by atoms with Gasteiger partial charge in [0.05, 0.1) is 18.7 Å². The molecule has 1 aromatic heterocycles. The van der Waals surface area contributed by atoms with Gasteiger partial charge in [-0.2, -0.15) is 0 Å². The molecule has 1 aliphatic heterocycles. The molecular formula is C17H20N2O2. The summed E-state index contributed by atoms with van der Waals surface area (Å²) in [6, 6.07) is 11.8. The van der Waals surface area contributed by atoms with Crippen molar-refractivity contribution in [3.8, 4) is 0 Å². The van der Waals surface area contributed by atoms with Crippen molar-refractivity contribution in [1.29, 1.82) is 0 Å². The van der Waals surface area contributed by atoms with Crippen LogP contribution in [-0.2, 0) is 11.3 Å². The molecule has 1 aliphatic rings. The van der Waals surface area contributed by atoms with Gasteiger partial charge in [-0.3, -0.25) is 4.79 Å². The van der Waals surface area contributed by atoms with Crippen molar-refractivity contribution < 1.29 is 9.21 Å². The quantitative estimate of drug-likeness (QED) is 0.937. The van der Waals surface area contributed by atoms with Gasteiger partial charge in [0.1, 0.15) is 5.76 Å². The molecule has 0 spiro atoms. The molecule has 1 unspecified atom stereocenters. The highest BCUT2D eigenvalue weighted by Gasteiger charge is 2.29. The third-order valence-electron chi connectivity index (χ3n) is 4.00. The van der Waals surface area contributed by atoms with E-state index < -0.39 is 0 Å². The summed E-state index contributed by atoms with van der Waals surface area (Å²) in [7, 11) is 0. The van der Waals surface area contributed by atoms with Crippen molar-refractivity contribution in [2.24, 2.45) is 0 Å². The van der Waals surface area contributed by atoms with Crippen molar-refractivity contribution in [3.05, 3.63) is 54.0 Å². The van der Waals surface area contributed by atoms with Crippen LogP contribution in [0.25, 0.3) is 0 Å². The van der Waals surface area contributed by atoms with Gasteiger partial charge in [-0.1, -0.05) is 18.2 Å². The second kappa shape index (κ2) is 6.04. The molecule has 0 radical (unpaired) electrons. The summed E-state index contributed by atoms with van der Waals surface area (Å²) in [5.74, 6) is 0.952. The number of carbonyl (C=O) groups excluding carboxylic acids is 1. The zero-order chi connectivity index (χ0) is 14.7. The fraction of sp³-hybridized carbons (Fsp3) is 0.353. The lowest BCUT2D eigenvalue weighted by Gasteiger charge is -2.30. The van der Waals surface area contributed by atoms with Crippen LogP contribution in [0.15, 0.2) is 47.1 Å². The Morgan fingerprint density at radius 3 is 2.95 bits per heavy atom. The third-order valence-corrected chi connectivity index (χ3v) is 4.00. The maximum Gasteiger partial charge on any atom is 0.230 e. The second-order valence-corrected chi connectivity index (χ2v) is 5.29. The van der Waals surface area contributed by atoms with Crippen LogP contribution in [0.1, 0.15) is 30.6 Å². The fourth-order valence-electron chi connectivity index (χ4n) is 2.88. The van der Waals surface area contributed by atoms with E-state index in [0.717, 1.165) is 30.0 Å². The number of benzene rings is 1. The number of amides is 1. The first kappa shape index (κ1) is 13.7. The summed E-state index contributed by atoms with van der Waals surface area (Å²) < 4.78 is 5.37. The number of para-hydroxylation sites is 1. The number of hydrogen-bond acceptors (Lipinski definition) is 3. The summed E-state index contributed by atoms with van der Waals surface area (Å²) in [5, 5.41) is 3.36. The number of carbonyl (C=O) groups is 1. The minimum Gasteiger partial charge on any atom is -0.467 e. The molecule has 1 atom stereocenters. The molecular weight excluding hydrogens is 264 g/mol. The van der Waals surface area contributed by atoms with E-state index in [9.17, 15) is 4.79 Å². The molecule has 2 heterocycles. The lowest BCUT2D eigenvalue weighted by atomic mass is 9.89. The average molecular weight is 284 g/mol. The standard InChI is InChI=1S/C17H20N2O2/c1-2-19(12-13-6-5-11-21-13)17(20)15-9-10-18-16-8-4-3-7-14(15)16/h3-8,11,15,18H,2,9-10,12H2,1H3. The smallest absolute Gasteiger partial charge is 0.230 e. The van der Waals surface area contributed by atoms with Crippen molar-refractivity contribution in [2.45, 2.75) is 25.8 Å². The fourth-order valence-corrected chi connectivity index (χ4v) is 2.88. The summed E-state index contributed by atoms with van der Waals surface area (Å²) in [6.45, 7) is 4.07. The summed E-state index contributed by atoms with van der Waals surface area (Å²) >= 11 is 0. The van der Waals surface area contributed by atoms with Gasteiger partial charge in [0, 0.05) is 18.8 Å². The van der Waals surface area contributed by atoms with Crippen molar-refractivity contribution in [3.63, 3.8) is 0 Å². The maximum atomic E-state index is 12.9. The van der Waals surface area contributed by atoms with Crippen molar-refractivity contribution >= 4 is 11.6 Å². The topological polar surface area (TPSA) is 45.5 Å². The molecule has 0 saturated carbocycles. The van der Waals surface area contributed by atoms with Gasteiger partial charge < -0.3 is 14.6 Å². The van der Waals surface area contributed by atoms with E-state index in [1.807, 2.05) is 48.2 Å².